The zero-order valence-electron chi connectivity index (χ0n) is 17.3. The molecular weight excluding hydrogens is 422 g/mol. The van der Waals surface area contributed by atoms with Gasteiger partial charge in [-0.3, -0.25) is 15.0 Å². The van der Waals surface area contributed by atoms with Crippen LogP contribution in [0, 0.1) is 0 Å². The molecule has 0 aliphatic heterocycles. The summed E-state index contributed by atoms with van der Waals surface area (Å²) < 4.78 is 9.28. The molecule has 2 aromatic rings. The number of carbonyl (C=O) groups excluding carboxylic acids is 4. The van der Waals surface area contributed by atoms with Crippen LogP contribution in [0.15, 0.2) is 47.6 Å². The van der Waals surface area contributed by atoms with Crippen LogP contribution >= 0.6 is 0 Å². The number of nitrogens with one attached hydrogen (secondary N) is 2. The Labute approximate surface area is 182 Å². The van der Waals surface area contributed by atoms with Gasteiger partial charge in [0.25, 0.3) is 5.91 Å². The highest BCUT2D eigenvalue weighted by Gasteiger charge is 2.19. The summed E-state index contributed by atoms with van der Waals surface area (Å²) in [4.78, 5) is 59.2. The van der Waals surface area contributed by atoms with Gasteiger partial charge in [-0.1, -0.05) is 6.07 Å². The number of carbonyl (C=O) groups is 5. The van der Waals surface area contributed by atoms with Crippen LogP contribution in [-0.4, -0.2) is 54.6 Å². The van der Waals surface area contributed by atoms with Crippen molar-refractivity contribution < 1.29 is 38.6 Å². The molecule has 11 heteroatoms. The van der Waals surface area contributed by atoms with Gasteiger partial charge in [-0.25, -0.2) is 14.4 Å². The number of carboxylic acid groups (broad SMARTS) is 1. The molecule has 2 aromatic carbocycles. The minimum atomic E-state index is -1.19. The molecule has 0 radical (unpaired) electrons. The lowest BCUT2D eigenvalue weighted by atomic mass is 10.1. The van der Waals surface area contributed by atoms with Crippen LogP contribution in [0.1, 0.15) is 38.0 Å². The molecule has 0 fully saturated rings. The zero-order chi connectivity index (χ0) is 23.8. The number of hydrogen-bond acceptors (Lipinski definition) is 9. The second kappa shape index (κ2) is 10.5. The van der Waals surface area contributed by atoms with E-state index in [4.69, 9.17) is 5.11 Å². The summed E-state index contributed by atoms with van der Waals surface area (Å²) in [6, 6.07) is 9.27. The highest BCUT2D eigenvalue weighted by atomic mass is 16.5. The fourth-order valence-corrected chi connectivity index (χ4v) is 2.49. The number of ether oxygens (including phenoxy) is 2. The summed E-state index contributed by atoms with van der Waals surface area (Å²) in [6.07, 6.45) is 0. The number of anilines is 2. The van der Waals surface area contributed by atoms with Crippen molar-refractivity contribution in [3.05, 3.63) is 59.2 Å². The smallest absolute Gasteiger partial charge is 0.337 e. The van der Waals surface area contributed by atoms with Gasteiger partial charge in [0.1, 0.15) is 0 Å². The van der Waals surface area contributed by atoms with Crippen molar-refractivity contribution in [2.45, 2.75) is 6.92 Å². The third-order valence-electron chi connectivity index (χ3n) is 3.99. The molecule has 3 N–H and O–H groups in total. The zero-order valence-corrected chi connectivity index (χ0v) is 17.3. The van der Waals surface area contributed by atoms with E-state index in [2.05, 4.69) is 25.3 Å². The minimum absolute atomic E-state index is 0.00686. The molecule has 0 bridgehead atoms. The number of rotatable bonds is 8. The van der Waals surface area contributed by atoms with Gasteiger partial charge >= 0.3 is 17.9 Å². The first-order chi connectivity index (χ1) is 15.2. The largest absolute Gasteiger partial charge is 0.478 e. The molecule has 0 aliphatic rings. The van der Waals surface area contributed by atoms with Crippen LogP contribution in [0.3, 0.4) is 0 Å². The first-order valence-electron chi connectivity index (χ1n) is 8.97. The van der Waals surface area contributed by atoms with E-state index in [-0.39, 0.29) is 28.1 Å². The summed E-state index contributed by atoms with van der Waals surface area (Å²) in [5.74, 6) is -4.24. The van der Waals surface area contributed by atoms with Crippen LogP contribution in [0.2, 0.25) is 0 Å². The molecule has 0 saturated carbocycles. The first kappa shape index (κ1) is 23.7. The average Bonchev–Trinajstić information content (AvgIpc) is 2.77. The number of ketones is 1. The van der Waals surface area contributed by atoms with E-state index in [1.165, 1.54) is 42.5 Å². The second-order valence-corrected chi connectivity index (χ2v) is 6.25. The molecule has 166 valence electrons. The molecule has 2 rings (SSSR count). The monoisotopic (exact) mass is 441 g/mol. The lowest BCUT2D eigenvalue weighted by molar-refractivity contribution is -0.114. The summed E-state index contributed by atoms with van der Waals surface area (Å²) in [5, 5.41) is 15.2. The Morgan fingerprint density at radius 2 is 1.41 bits per heavy atom. The van der Waals surface area contributed by atoms with Crippen molar-refractivity contribution in [1.29, 1.82) is 0 Å². The number of carboxylic acids is 1. The lowest BCUT2D eigenvalue weighted by Gasteiger charge is -2.09. The molecule has 0 aromatic heterocycles. The van der Waals surface area contributed by atoms with Gasteiger partial charge in [-0.05, 0) is 36.4 Å². The third kappa shape index (κ3) is 5.98. The van der Waals surface area contributed by atoms with Crippen LogP contribution in [0.4, 0.5) is 11.4 Å². The molecule has 0 unspecified atom stereocenters. The van der Waals surface area contributed by atoms with Crippen LogP contribution in [-0.2, 0) is 19.1 Å². The van der Waals surface area contributed by atoms with Gasteiger partial charge < -0.3 is 19.9 Å². The standard InChI is InChI=1S/C21H19N3O8/c1-11(25)17(18(26)22-15-6-4-5-12(8-15)19(27)28)24-23-16-9-13(20(29)31-2)7-14(10-16)21(30)32-3/h4-10,23H,1-3H3,(H,22,26)(H,27,28)/b24-17-. The Morgan fingerprint density at radius 1 is 0.844 bits per heavy atom. The average molecular weight is 441 g/mol. The van der Waals surface area contributed by atoms with Crippen molar-refractivity contribution in [2.75, 3.05) is 25.0 Å². The van der Waals surface area contributed by atoms with E-state index in [1.54, 1.807) is 0 Å². The number of aromatic carboxylic acids is 1. The first-order valence-corrected chi connectivity index (χ1v) is 8.97. The molecule has 0 aliphatic carbocycles. The Balaban J connectivity index is 2.33. The number of nitrogens with zero attached hydrogens (tertiary/aromatic N) is 1. The number of hydrogen-bond donors (Lipinski definition) is 3. The van der Waals surface area contributed by atoms with Crippen LogP contribution in [0.5, 0.6) is 0 Å². The van der Waals surface area contributed by atoms with E-state index in [0.717, 1.165) is 21.1 Å². The summed E-state index contributed by atoms with van der Waals surface area (Å²) >= 11 is 0. The highest BCUT2D eigenvalue weighted by Crippen LogP contribution is 2.17. The quantitative estimate of drug-likeness (QED) is 0.241. The molecule has 0 saturated heterocycles. The molecule has 0 heterocycles. The normalized spacial score (nSPS) is 10.7. The molecule has 11 nitrogen and oxygen atoms in total. The number of benzene rings is 2. The summed E-state index contributed by atoms with van der Waals surface area (Å²) in [5.41, 5.74) is 2.13. The topological polar surface area (TPSA) is 160 Å². The molecular formula is C21H19N3O8. The predicted octanol–water partition coefficient (Wildman–Crippen LogP) is 1.95. The third-order valence-corrected chi connectivity index (χ3v) is 3.99. The maximum absolute atomic E-state index is 12.5. The van der Waals surface area contributed by atoms with Gasteiger partial charge in [-0.2, -0.15) is 5.10 Å². The van der Waals surface area contributed by atoms with Crippen molar-refractivity contribution in [1.82, 2.24) is 0 Å². The van der Waals surface area contributed by atoms with E-state index >= 15 is 0 Å². The van der Waals surface area contributed by atoms with Gasteiger partial charge in [0.2, 0.25) is 0 Å². The molecule has 0 atom stereocenters. The van der Waals surface area contributed by atoms with Crippen molar-refractivity contribution in [2.24, 2.45) is 5.10 Å². The maximum atomic E-state index is 12.5. The van der Waals surface area contributed by atoms with E-state index < -0.39 is 35.3 Å². The van der Waals surface area contributed by atoms with Gasteiger partial charge in [0.15, 0.2) is 11.5 Å². The summed E-state index contributed by atoms with van der Waals surface area (Å²) in [6.45, 7) is 1.11. The lowest BCUT2D eigenvalue weighted by Crippen LogP contribution is -2.29. The van der Waals surface area contributed by atoms with E-state index in [9.17, 15) is 24.0 Å². The van der Waals surface area contributed by atoms with Gasteiger partial charge in [0.05, 0.1) is 36.6 Å². The number of Topliss-reactive ketones (excluding diaryl/α,β-unsaturated/α-hetero) is 1. The summed E-state index contributed by atoms with van der Waals surface area (Å²) in [7, 11) is 2.33. The fraction of sp³-hybridized carbons (Fsp3) is 0.143. The SMILES string of the molecule is COC(=O)c1cc(N/N=C(/C(C)=O)C(=O)Nc2cccc(C(=O)O)c2)cc(C(=O)OC)c1. The Morgan fingerprint density at radius 3 is 1.91 bits per heavy atom. The molecule has 32 heavy (non-hydrogen) atoms. The number of methoxy groups -OCH3 is 2. The van der Waals surface area contributed by atoms with Crippen molar-refractivity contribution in [3.63, 3.8) is 0 Å². The Hall–Kier alpha value is -4.54. The van der Waals surface area contributed by atoms with Crippen molar-refractivity contribution >= 4 is 46.7 Å². The van der Waals surface area contributed by atoms with E-state index in [1.807, 2.05) is 0 Å². The van der Waals surface area contributed by atoms with Gasteiger partial charge in [-0.15, -0.1) is 0 Å². The van der Waals surface area contributed by atoms with Gasteiger partial charge in [0, 0.05) is 12.6 Å². The van der Waals surface area contributed by atoms with E-state index in [0.29, 0.717) is 0 Å². The number of hydrazone groups is 1. The molecule has 1 amide bonds. The predicted molar refractivity (Wildman–Crippen MR) is 113 cm³/mol. The minimum Gasteiger partial charge on any atom is -0.478 e. The number of amides is 1. The second-order valence-electron chi connectivity index (χ2n) is 6.25. The Bertz CT molecular complexity index is 1090. The van der Waals surface area contributed by atoms with Crippen LogP contribution < -0.4 is 10.7 Å². The maximum Gasteiger partial charge on any atom is 0.337 e. The fourth-order valence-electron chi connectivity index (χ4n) is 2.49. The van der Waals surface area contributed by atoms with Crippen LogP contribution in [0.25, 0.3) is 0 Å². The Kier molecular flexibility index (Phi) is 7.77. The van der Waals surface area contributed by atoms with Crippen molar-refractivity contribution in [3.8, 4) is 0 Å². The molecule has 0 spiro atoms. The number of esters is 2. The highest BCUT2D eigenvalue weighted by molar-refractivity contribution is 6.67.